The number of pyridine rings is 1. The summed E-state index contributed by atoms with van der Waals surface area (Å²) in [4.78, 5) is 17.8. The van der Waals surface area contributed by atoms with Gasteiger partial charge in [-0.25, -0.2) is 9.78 Å². The van der Waals surface area contributed by atoms with Gasteiger partial charge in [-0.3, -0.25) is 0 Å². The largest absolute Gasteiger partial charge is 0.487 e. The molecule has 1 heterocycles. The first-order chi connectivity index (χ1) is 16.0. The molecule has 0 saturated heterocycles. The highest BCUT2D eigenvalue weighted by atomic mass is 32.2. The molecule has 0 N–H and O–H groups in total. The predicted molar refractivity (Wildman–Crippen MR) is 134 cm³/mol. The summed E-state index contributed by atoms with van der Waals surface area (Å²) in [6.07, 6.45) is 0. The maximum Gasteiger partial charge on any atom is 0.344 e. The highest BCUT2D eigenvalue weighted by Gasteiger charge is 2.24. The summed E-state index contributed by atoms with van der Waals surface area (Å²) in [5, 5.41) is 1.40. The van der Waals surface area contributed by atoms with Crippen molar-refractivity contribution in [2.75, 3.05) is 7.11 Å². The number of hydrogen-bond donors (Lipinski definition) is 0. The number of fused-ring (bicyclic) bond motifs is 1. The van der Waals surface area contributed by atoms with Crippen LogP contribution in [0.15, 0.2) is 71.8 Å². The van der Waals surface area contributed by atoms with Crippen LogP contribution in [0.1, 0.15) is 38.2 Å². The number of rotatable bonds is 7. The van der Waals surface area contributed by atoms with E-state index in [0.717, 1.165) is 16.5 Å². The molecule has 0 spiro atoms. The van der Waals surface area contributed by atoms with Gasteiger partial charge < -0.3 is 9.47 Å². The summed E-state index contributed by atoms with van der Waals surface area (Å²) in [5.74, 6) is 0.757. The van der Waals surface area contributed by atoms with Gasteiger partial charge >= 0.3 is 5.97 Å². The standard InChI is InChI=1S/C28H27NO3S/c1-18-10-13-21(14-11-18)16-32-26-23-7-5-6-8-24(23)29-27(25(26)28(30)31-4)33-17-22-15-19(2)9-12-20(22)3/h5-15H,16-17H2,1-4H3. The molecular weight excluding hydrogens is 430 g/mol. The third-order valence-corrected chi connectivity index (χ3v) is 6.60. The van der Waals surface area contributed by atoms with Crippen molar-refractivity contribution in [3.8, 4) is 5.75 Å². The maximum atomic E-state index is 12.9. The molecule has 0 fully saturated rings. The molecule has 4 rings (SSSR count). The van der Waals surface area contributed by atoms with Crippen molar-refractivity contribution < 1.29 is 14.3 Å². The molecule has 4 aromatic rings. The van der Waals surface area contributed by atoms with Crippen molar-refractivity contribution in [2.24, 2.45) is 0 Å². The quantitative estimate of drug-likeness (QED) is 0.225. The van der Waals surface area contributed by atoms with Crippen molar-refractivity contribution in [1.29, 1.82) is 0 Å². The smallest absolute Gasteiger partial charge is 0.344 e. The number of esters is 1. The fourth-order valence-corrected chi connectivity index (χ4v) is 4.72. The Hall–Kier alpha value is -3.31. The summed E-state index contributed by atoms with van der Waals surface area (Å²) >= 11 is 1.53. The van der Waals surface area contributed by atoms with E-state index >= 15 is 0 Å². The van der Waals surface area contributed by atoms with E-state index in [-0.39, 0.29) is 0 Å². The number of para-hydroxylation sites is 1. The highest BCUT2D eigenvalue weighted by Crippen LogP contribution is 2.37. The molecule has 0 bridgehead atoms. The van der Waals surface area contributed by atoms with Gasteiger partial charge in [-0.2, -0.15) is 0 Å². The number of hydrogen-bond acceptors (Lipinski definition) is 5. The molecule has 0 radical (unpaired) electrons. The second-order valence-electron chi connectivity index (χ2n) is 8.12. The van der Waals surface area contributed by atoms with Crippen LogP contribution in [0.5, 0.6) is 5.75 Å². The van der Waals surface area contributed by atoms with Gasteiger partial charge in [0.2, 0.25) is 0 Å². The zero-order valence-corrected chi connectivity index (χ0v) is 20.2. The van der Waals surface area contributed by atoms with Crippen molar-refractivity contribution >= 4 is 28.6 Å². The van der Waals surface area contributed by atoms with E-state index in [0.29, 0.717) is 28.7 Å². The molecule has 0 aliphatic rings. The van der Waals surface area contributed by atoms with Gasteiger partial charge in [-0.05, 0) is 49.6 Å². The van der Waals surface area contributed by atoms with Crippen LogP contribution in [-0.2, 0) is 17.1 Å². The average Bonchev–Trinajstić information content (AvgIpc) is 2.83. The van der Waals surface area contributed by atoms with E-state index in [9.17, 15) is 4.79 Å². The summed E-state index contributed by atoms with van der Waals surface area (Å²) in [6, 6.07) is 22.3. The lowest BCUT2D eigenvalue weighted by Crippen LogP contribution is -2.10. The second kappa shape index (κ2) is 10.1. The van der Waals surface area contributed by atoms with Crippen LogP contribution in [0.25, 0.3) is 10.9 Å². The molecule has 0 saturated carbocycles. The molecule has 0 aliphatic carbocycles. The SMILES string of the molecule is COC(=O)c1c(SCc2cc(C)ccc2C)nc2ccccc2c1OCc1ccc(C)cc1. The van der Waals surface area contributed by atoms with Gasteiger partial charge in [0.1, 0.15) is 22.9 Å². The van der Waals surface area contributed by atoms with E-state index in [4.69, 9.17) is 14.5 Å². The number of carbonyl (C=O) groups excluding carboxylic acids is 1. The Morgan fingerprint density at radius 2 is 1.67 bits per heavy atom. The lowest BCUT2D eigenvalue weighted by molar-refractivity contribution is 0.0590. The van der Waals surface area contributed by atoms with Crippen LogP contribution in [0.3, 0.4) is 0 Å². The molecule has 5 heteroatoms. The van der Waals surface area contributed by atoms with Gasteiger partial charge in [-0.15, -0.1) is 11.8 Å². The Balaban J connectivity index is 1.76. The number of carbonyl (C=O) groups is 1. The molecule has 0 unspecified atom stereocenters. The number of ether oxygens (including phenoxy) is 2. The predicted octanol–water partition coefficient (Wildman–Crippen LogP) is 6.82. The summed E-state index contributed by atoms with van der Waals surface area (Å²) in [5.41, 5.74) is 7.01. The average molecular weight is 458 g/mol. The van der Waals surface area contributed by atoms with Crippen molar-refractivity contribution in [3.63, 3.8) is 0 Å². The minimum atomic E-state index is -0.448. The van der Waals surface area contributed by atoms with Crippen LogP contribution < -0.4 is 4.74 Å². The molecule has 0 amide bonds. The van der Waals surface area contributed by atoms with Crippen molar-refractivity contribution in [1.82, 2.24) is 4.98 Å². The zero-order valence-electron chi connectivity index (χ0n) is 19.3. The van der Waals surface area contributed by atoms with Crippen molar-refractivity contribution in [2.45, 2.75) is 38.2 Å². The molecule has 0 aliphatic heterocycles. The highest BCUT2D eigenvalue weighted by molar-refractivity contribution is 7.98. The van der Waals surface area contributed by atoms with E-state index in [1.165, 1.54) is 41.1 Å². The Labute approximate surface area is 199 Å². The van der Waals surface area contributed by atoms with Crippen LogP contribution in [0.4, 0.5) is 0 Å². The summed E-state index contributed by atoms with van der Waals surface area (Å²) in [7, 11) is 1.39. The van der Waals surface area contributed by atoms with Gasteiger partial charge in [0.25, 0.3) is 0 Å². The monoisotopic (exact) mass is 457 g/mol. The van der Waals surface area contributed by atoms with E-state index in [1.807, 2.05) is 36.4 Å². The van der Waals surface area contributed by atoms with Gasteiger partial charge in [0.15, 0.2) is 0 Å². The Kier molecular flexibility index (Phi) is 6.99. The van der Waals surface area contributed by atoms with Crippen LogP contribution in [-0.4, -0.2) is 18.1 Å². The minimum Gasteiger partial charge on any atom is -0.487 e. The van der Waals surface area contributed by atoms with Gasteiger partial charge in [0, 0.05) is 11.1 Å². The number of methoxy groups -OCH3 is 1. The number of thioether (sulfide) groups is 1. The molecular formula is C28H27NO3S. The second-order valence-corrected chi connectivity index (χ2v) is 9.09. The number of benzene rings is 3. The number of nitrogens with zero attached hydrogens (tertiary/aromatic N) is 1. The van der Waals surface area contributed by atoms with Gasteiger partial charge in [-0.1, -0.05) is 65.7 Å². The van der Waals surface area contributed by atoms with Crippen LogP contribution >= 0.6 is 11.8 Å². The normalized spacial score (nSPS) is 10.9. The lowest BCUT2D eigenvalue weighted by Gasteiger charge is -2.17. The zero-order chi connectivity index (χ0) is 23.4. The maximum absolute atomic E-state index is 12.9. The first-order valence-electron chi connectivity index (χ1n) is 10.8. The molecule has 4 nitrogen and oxygen atoms in total. The van der Waals surface area contributed by atoms with E-state index in [1.54, 1.807) is 0 Å². The van der Waals surface area contributed by atoms with E-state index in [2.05, 4.69) is 51.1 Å². The molecule has 3 aromatic carbocycles. The third-order valence-electron chi connectivity index (χ3n) is 5.57. The topological polar surface area (TPSA) is 48.4 Å². The van der Waals surface area contributed by atoms with E-state index < -0.39 is 5.97 Å². The lowest BCUT2D eigenvalue weighted by atomic mass is 10.1. The van der Waals surface area contributed by atoms with Crippen LogP contribution in [0.2, 0.25) is 0 Å². The molecule has 1 aromatic heterocycles. The minimum absolute atomic E-state index is 0.347. The number of aryl methyl sites for hydroxylation is 3. The Morgan fingerprint density at radius 3 is 2.42 bits per heavy atom. The first-order valence-corrected chi connectivity index (χ1v) is 11.8. The first kappa shape index (κ1) is 22.9. The molecule has 168 valence electrons. The molecule has 33 heavy (non-hydrogen) atoms. The summed E-state index contributed by atoms with van der Waals surface area (Å²) in [6.45, 7) is 6.58. The molecule has 0 atom stereocenters. The Bertz CT molecular complexity index is 1300. The Morgan fingerprint density at radius 1 is 0.939 bits per heavy atom. The van der Waals surface area contributed by atoms with Crippen molar-refractivity contribution in [3.05, 3.63) is 100 Å². The van der Waals surface area contributed by atoms with Crippen LogP contribution in [0, 0.1) is 20.8 Å². The fourth-order valence-electron chi connectivity index (χ4n) is 3.64. The van der Waals surface area contributed by atoms with Gasteiger partial charge in [0.05, 0.1) is 12.6 Å². The third kappa shape index (κ3) is 5.20. The number of aromatic nitrogens is 1. The summed E-state index contributed by atoms with van der Waals surface area (Å²) < 4.78 is 11.4. The fraction of sp³-hybridized carbons (Fsp3) is 0.214.